The highest BCUT2D eigenvalue weighted by molar-refractivity contribution is 5.94. The highest BCUT2D eigenvalue weighted by Gasteiger charge is 2.11. The lowest BCUT2D eigenvalue weighted by Gasteiger charge is -2.07. The van der Waals surface area contributed by atoms with E-state index in [9.17, 15) is 14.4 Å². The zero-order valence-electron chi connectivity index (χ0n) is 17.7. The van der Waals surface area contributed by atoms with Crippen molar-refractivity contribution in [1.82, 2.24) is 0 Å². The Labute approximate surface area is 180 Å². The highest BCUT2D eigenvalue weighted by atomic mass is 16.5. The maximum absolute atomic E-state index is 12.6. The van der Waals surface area contributed by atoms with Gasteiger partial charge >= 0.3 is 11.6 Å². The van der Waals surface area contributed by atoms with Crippen LogP contribution in [0.25, 0.3) is 22.1 Å². The number of carbonyl (C=O) groups excluding carboxylic acids is 2. The van der Waals surface area contributed by atoms with E-state index < -0.39 is 11.6 Å². The van der Waals surface area contributed by atoms with E-state index in [1.165, 1.54) is 0 Å². The molecule has 5 heteroatoms. The summed E-state index contributed by atoms with van der Waals surface area (Å²) in [6, 6.07) is 14.1. The number of rotatable bonds is 8. The van der Waals surface area contributed by atoms with Gasteiger partial charge in [0.25, 0.3) is 0 Å². The minimum absolute atomic E-state index is 0.0670. The van der Waals surface area contributed by atoms with E-state index >= 15 is 0 Å². The normalized spacial score (nSPS) is 10.6. The van der Waals surface area contributed by atoms with Gasteiger partial charge in [-0.05, 0) is 67.7 Å². The minimum Gasteiger partial charge on any atom is -0.423 e. The van der Waals surface area contributed by atoms with Crippen molar-refractivity contribution < 1.29 is 18.7 Å². The highest BCUT2D eigenvalue weighted by Crippen LogP contribution is 2.24. The number of carbonyl (C=O) groups is 2. The predicted octanol–water partition coefficient (Wildman–Crippen LogP) is 5.41. The number of hydrogen-bond acceptors (Lipinski definition) is 5. The molecule has 0 atom stereocenters. The average Bonchev–Trinajstić information content (AvgIpc) is 2.73. The lowest BCUT2D eigenvalue weighted by atomic mass is 10.0. The van der Waals surface area contributed by atoms with Crippen LogP contribution in [0.4, 0.5) is 0 Å². The predicted molar refractivity (Wildman–Crippen MR) is 121 cm³/mol. The Hall–Kier alpha value is -3.73. The minimum atomic E-state index is -0.502. The summed E-state index contributed by atoms with van der Waals surface area (Å²) in [5, 5.41) is 0.800. The number of fused-ring (bicyclic) bond motifs is 1. The molecule has 0 aliphatic heterocycles. The van der Waals surface area contributed by atoms with Crippen LogP contribution >= 0.6 is 0 Å². The quantitative estimate of drug-likeness (QED) is 0.212. The number of allylic oxidation sites excluding steroid dienone is 1. The number of hydrogen-bond donors (Lipinski definition) is 0. The molecule has 0 bridgehead atoms. The van der Waals surface area contributed by atoms with Gasteiger partial charge < -0.3 is 9.15 Å². The molecule has 31 heavy (non-hydrogen) atoms. The first-order valence-corrected chi connectivity index (χ1v) is 9.98. The second-order valence-electron chi connectivity index (χ2n) is 7.57. The van der Waals surface area contributed by atoms with Crippen molar-refractivity contribution in [2.45, 2.75) is 33.1 Å². The van der Waals surface area contributed by atoms with Crippen LogP contribution in [0.3, 0.4) is 0 Å². The number of ketones is 1. The van der Waals surface area contributed by atoms with Gasteiger partial charge in [-0.2, -0.15) is 0 Å². The van der Waals surface area contributed by atoms with E-state index in [1.807, 2.05) is 18.2 Å². The summed E-state index contributed by atoms with van der Waals surface area (Å²) in [7, 11) is 0. The SMILES string of the molecule is C=C(C)C(=O)CCCc1ccc2cc(-c3ccc(OC(=O)C(=C)C)cc3)c(=O)oc2c1. The van der Waals surface area contributed by atoms with Crippen molar-refractivity contribution in [1.29, 1.82) is 0 Å². The van der Waals surface area contributed by atoms with Crippen LogP contribution in [0.15, 0.2) is 82.0 Å². The average molecular weight is 416 g/mol. The molecule has 0 aliphatic carbocycles. The largest absolute Gasteiger partial charge is 0.423 e. The Morgan fingerprint density at radius 3 is 2.32 bits per heavy atom. The zero-order chi connectivity index (χ0) is 22.5. The fourth-order valence-electron chi connectivity index (χ4n) is 3.08. The maximum Gasteiger partial charge on any atom is 0.344 e. The molecule has 1 heterocycles. The van der Waals surface area contributed by atoms with Gasteiger partial charge in [-0.1, -0.05) is 37.4 Å². The van der Waals surface area contributed by atoms with Crippen LogP contribution in [0.1, 0.15) is 32.3 Å². The molecule has 2 aromatic carbocycles. The molecule has 0 saturated heterocycles. The Morgan fingerprint density at radius 1 is 0.968 bits per heavy atom. The molecule has 0 fully saturated rings. The van der Waals surface area contributed by atoms with Crippen LogP contribution in [0.5, 0.6) is 5.75 Å². The lowest BCUT2D eigenvalue weighted by Crippen LogP contribution is -2.08. The fraction of sp³-hybridized carbons (Fsp3) is 0.192. The van der Waals surface area contributed by atoms with Crippen molar-refractivity contribution in [3.05, 3.63) is 88.8 Å². The van der Waals surface area contributed by atoms with E-state index in [0.717, 1.165) is 10.9 Å². The van der Waals surface area contributed by atoms with Crippen molar-refractivity contribution in [2.24, 2.45) is 0 Å². The van der Waals surface area contributed by atoms with Crippen LogP contribution in [-0.4, -0.2) is 11.8 Å². The van der Waals surface area contributed by atoms with Gasteiger partial charge in [-0.3, -0.25) is 4.79 Å². The molecular formula is C26H24O5. The summed E-state index contributed by atoms with van der Waals surface area (Å²) in [6.45, 7) is 10.5. The lowest BCUT2D eigenvalue weighted by molar-refractivity contribution is -0.130. The summed E-state index contributed by atoms with van der Waals surface area (Å²) < 4.78 is 10.7. The molecule has 158 valence electrons. The van der Waals surface area contributed by atoms with Crippen LogP contribution in [-0.2, 0) is 16.0 Å². The second-order valence-corrected chi connectivity index (χ2v) is 7.57. The molecule has 0 saturated carbocycles. The topological polar surface area (TPSA) is 73.6 Å². The first kappa shape index (κ1) is 22.0. The Balaban J connectivity index is 1.78. The molecule has 3 aromatic rings. The van der Waals surface area contributed by atoms with Crippen molar-refractivity contribution >= 4 is 22.7 Å². The van der Waals surface area contributed by atoms with Gasteiger partial charge in [0.15, 0.2) is 5.78 Å². The van der Waals surface area contributed by atoms with Gasteiger partial charge in [0.2, 0.25) is 0 Å². The van der Waals surface area contributed by atoms with E-state index in [1.54, 1.807) is 44.2 Å². The smallest absolute Gasteiger partial charge is 0.344 e. The van der Waals surface area contributed by atoms with Gasteiger partial charge in [0, 0.05) is 17.4 Å². The molecule has 5 nitrogen and oxygen atoms in total. The number of Topliss-reactive ketones (excluding diaryl/α,β-unsaturated/α-hetero) is 1. The first-order valence-electron chi connectivity index (χ1n) is 9.98. The van der Waals surface area contributed by atoms with Gasteiger partial charge in [-0.25, -0.2) is 9.59 Å². The molecular weight excluding hydrogens is 392 g/mol. The van der Waals surface area contributed by atoms with Gasteiger partial charge in [0.1, 0.15) is 11.3 Å². The van der Waals surface area contributed by atoms with E-state index in [-0.39, 0.29) is 5.78 Å². The summed E-state index contributed by atoms with van der Waals surface area (Å²) in [6.07, 6.45) is 1.88. The summed E-state index contributed by atoms with van der Waals surface area (Å²) in [5.74, 6) is -0.0631. The van der Waals surface area contributed by atoms with Crippen LogP contribution in [0, 0.1) is 0 Å². The van der Waals surface area contributed by atoms with Crippen LogP contribution < -0.4 is 10.4 Å². The van der Waals surface area contributed by atoms with Crippen molar-refractivity contribution in [3.8, 4) is 16.9 Å². The molecule has 0 spiro atoms. The number of esters is 1. The Bertz CT molecular complexity index is 1230. The van der Waals surface area contributed by atoms with E-state index in [2.05, 4.69) is 13.2 Å². The maximum atomic E-state index is 12.6. The second kappa shape index (κ2) is 9.39. The number of aryl methyl sites for hydroxylation is 1. The number of benzene rings is 2. The molecule has 0 radical (unpaired) electrons. The third-order valence-corrected chi connectivity index (χ3v) is 4.87. The number of ether oxygens (including phenoxy) is 1. The van der Waals surface area contributed by atoms with Crippen molar-refractivity contribution in [3.63, 3.8) is 0 Å². The zero-order valence-corrected chi connectivity index (χ0v) is 17.7. The Kier molecular flexibility index (Phi) is 6.65. The standard InChI is InChI=1S/C26H24O5/c1-16(2)23(27)7-5-6-18-8-9-20-15-22(26(29)31-24(20)14-18)19-10-12-21(13-11-19)30-25(28)17(3)4/h8-15H,1,3,5-7H2,2,4H3. The molecule has 0 aliphatic rings. The fourth-order valence-corrected chi connectivity index (χ4v) is 3.08. The third-order valence-electron chi connectivity index (χ3n) is 4.87. The third kappa shape index (κ3) is 5.45. The van der Waals surface area contributed by atoms with E-state index in [4.69, 9.17) is 9.15 Å². The van der Waals surface area contributed by atoms with Gasteiger partial charge in [-0.15, -0.1) is 0 Å². The molecule has 3 rings (SSSR count). The molecule has 0 unspecified atom stereocenters. The first-order chi connectivity index (χ1) is 14.7. The summed E-state index contributed by atoms with van der Waals surface area (Å²) in [4.78, 5) is 35.9. The van der Waals surface area contributed by atoms with E-state index in [0.29, 0.717) is 52.9 Å². The van der Waals surface area contributed by atoms with Gasteiger partial charge in [0.05, 0.1) is 5.56 Å². The summed E-state index contributed by atoms with van der Waals surface area (Å²) in [5.41, 5.74) is 3.01. The van der Waals surface area contributed by atoms with Crippen molar-refractivity contribution in [2.75, 3.05) is 0 Å². The molecule has 0 amide bonds. The molecule has 0 N–H and O–H groups in total. The van der Waals surface area contributed by atoms with Crippen LogP contribution in [0.2, 0.25) is 0 Å². The summed E-state index contributed by atoms with van der Waals surface area (Å²) >= 11 is 0. The monoisotopic (exact) mass is 416 g/mol. The molecule has 1 aromatic heterocycles. The Morgan fingerprint density at radius 2 is 1.68 bits per heavy atom.